The Morgan fingerprint density at radius 1 is 1.06 bits per heavy atom. The number of nitrogen functional groups attached to an aromatic ring is 1. The van der Waals surface area contributed by atoms with E-state index in [0.29, 0.717) is 47.6 Å². The van der Waals surface area contributed by atoms with Crippen molar-refractivity contribution >= 4 is 41.0 Å². The lowest BCUT2D eigenvalue weighted by molar-refractivity contribution is 0.0507. The van der Waals surface area contributed by atoms with Gasteiger partial charge in [-0.25, -0.2) is 4.98 Å². The molecule has 0 bridgehead atoms. The van der Waals surface area contributed by atoms with Crippen LogP contribution in [0.3, 0.4) is 0 Å². The number of carbonyl (C=O) groups excluding carboxylic acids is 1. The highest BCUT2D eigenvalue weighted by Gasteiger charge is 2.42. The molecule has 1 aliphatic heterocycles. The lowest BCUT2D eigenvalue weighted by atomic mass is 9.86. The van der Waals surface area contributed by atoms with Crippen molar-refractivity contribution in [3.8, 4) is 11.5 Å². The fourth-order valence-corrected chi connectivity index (χ4v) is 5.15. The molecule has 2 aromatic heterocycles. The number of halogens is 1. The zero-order chi connectivity index (χ0) is 23.1. The molecular weight excluding hydrogens is 458 g/mol. The Balaban J connectivity index is 0.00000274. The average molecular weight is 488 g/mol. The van der Waals surface area contributed by atoms with Crippen LogP contribution < -0.4 is 20.1 Å². The SMILES string of the molecule is COc1cc2nc(N3CCN(C(=O)c4ccc(C)o4)[C@H]4CCCC[C@H]43)nc(N)c2cc1OC.Cl. The van der Waals surface area contributed by atoms with Crippen molar-refractivity contribution in [1.82, 2.24) is 14.9 Å². The number of fused-ring (bicyclic) bond motifs is 2. The number of hydrogen-bond donors (Lipinski definition) is 1. The minimum absolute atomic E-state index is 0. The Labute approximate surface area is 204 Å². The number of furan rings is 1. The first-order valence-corrected chi connectivity index (χ1v) is 11.3. The molecule has 34 heavy (non-hydrogen) atoms. The van der Waals surface area contributed by atoms with Crippen LogP contribution in [0.1, 0.15) is 42.0 Å². The molecule has 2 aliphatic rings. The number of aromatic nitrogens is 2. The Bertz CT molecular complexity index is 1200. The van der Waals surface area contributed by atoms with Crippen molar-refractivity contribution in [2.24, 2.45) is 0 Å². The number of anilines is 2. The molecule has 3 heterocycles. The monoisotopic (exact) mass is 487 g/mol. The highest BCUT2D eigenvalue weighted by molar-refractivity contribution is 5.93. The van der Waals surface area contributed by atoms with Gasteiger partial charge in [-0.05, 0) is 38.0 Å². The highest BCUT2D eigenvalue weighted by atomic mass is 35.5. The number of carbonyl (C=O) groups is 1. The van der Waals surface area contributed by atoms with Gasteiger partial charge < -0.3 is 29.4 Å². The van der Waals surface area contributed by atoms with Crippen LogP contribution in [-0.2, 0) is 0 Å². The Hall–Kier alpha value is -3.20. The maximum absolute atomic E-state index is 13.2. The maximum Gasteiger partial charge on any atom is 0.289 e. The fraction of sp³-hybridized carbons (Fsp3) is 0.458. The zero-order valence-corrected chi connectivity index (χ0v) is 20.4. The van der Waals surface area contributed by atoms with E-state index in [1.807, 2.05) is 24.0 Å². The molecule has 1 aromatic carbocycles. The van der Waals surface area contributed by atoms with Crippen LogP contribution >= 0.6 is 12.4 Å². The minimum Gasteiger partial charge on any atom is -0.493 e. The van der Waals surface area contributed by atoms with Gasteiger partial charge in [0.05, 0.1) is 31.8 Å². The van der Waals surface area contributed by atoms with Crippen LogP contribution in [0.15, 0.2) is 28.7 Å². The second-order valence-corrected chi connectivity index (χ2v) is 8.65. The molecule has 2 N–H and O–H groups in total. The fourth-order valence-electron chi connectivity index (χ4n) is 5.15. The summed E-state index contributed by atoms with van der Waals surface area (Å²) in [7, 11) is 3.18. The summed E-state index contributed by atoms with van der Waals surface area (Å²) < 4.78 is 16.5. The molecule has 2 fully saturated rings. The van der Waals surface area contributed by atoms with Crippen molar-refractivity contribution in [3.63, 3.8) is 0 Å². The van der Waals surface area contributed by atoms with E-state index < -0.39 is 0 Å². The summed E-state index contributed by atoms with van der Waals surface area (Å²) in [6.45, 7) is 3.06. The minimum atomic E-state index is -0.0459. The van der Waals surface area contributed by atoms with Crippen LogP contribution in [0.4, 0.5) is 11.8 Å². The number of nitrogens with zero attached hydrogens (tertiary/aromatic N) is 4. The second kappa shape index (κ2) is 9.58. The maximum atomic E-state index is 13.2. The summed E-state index contributed by atoms with van der Waals surface area (Å²) in [6.07, 6.45) is 4.11. The van der Waals surface area contributed by atoms with Gasteiger partial charge in [-0.3, -0.25) is 4.79 Å². The molecule has 1 saturated heterocycles. The van der Waals surface area contributed by atoms with E-state index in [1.54, 1.807) is 26.4 Å². The molecule has 10 heteroatoms. The van der Waals surface area contributed by atoms with E-state index in [1.165, 1.54) is 0 Å². The van der Waals surface area contributed by atoms with Crippen molar-refractivity contribution in [1.29, 1.82) is 0 Å². The average Bonchev–Trinajstić information content (AvgIpc) is 3.28. The number of aryl methyl sites for hydroxylation is 1. The van der Waals surface area contributed by atoms with Crippen LogP contribution in [0.25, 0.3) is 10.9 Å². The smallest absolute Gasteiger partial charge is 0.289 e. The van der Waals surface area contributed by atoms with Gasteiger partial charge in [0.15, 0.2) is 17.3 Å². The Morgan fingerprint density at radius 3 is 2.44 bits per heavy atom. The summed E-state index contributed by atoms with van der Waals surface area (Å²) in [5.41, 5.74) is 7.05. The number of nitrogens with two attached hydrogens (primary N) is 1. The van der Waals surface area contributed by atoms with Gasteiger partial charge in [0, 0.05) is 24.5 Å². The first kappa shape index (κ1) is 23.9. The summed E-state index contributed by atoms with van der Waals surface area (Å²) in [5, 5.41) is 0.721. The molecule has 0 unspecified atom stereocenters. The molecule has 2 atom stereocenters. The molecule has 1 saturated carbocycles. The molecule has 1 aliphatic carbocycles. The topological polar surface area (TPSA) is 107 Å². The summed E-state index contributed by atoms with van der Waals surface area (Å²) in [5.74, 6) is 3.25. The van der Waals surface area contributed by atoms with E-state index in [0.717, 1.165) is 36.8 Å². The Kier molecular flexibility index (Phi) is 6.74. The lowest BCUT2D eigenvalue weighted by Crippen LogP contribution is -2.62. The third-order valence-corrected chi connectivity index (χ3v) is 6.76. The summed E-state index contributed by atoms with van der Waals surface area (Å²) in [4.78, 5) is 26.9. The van der Waals surface area contributed by atoms with Gasteiger partial charge in [0.25, 0.3) is 5.91 Å². The van der Waals surface area contributed by atoms with Gasteiger partial charge >= 0.3 is 0 Å². The molecular formula is C24H30ClN5O4. The van der Waals surface area contributed by atoms with Crippen molar-refractivity contribution in [2.75, 3.05) is 37.9 Å². The predicted molar refractivity (Wildman–Crippen MR) is 132 cm³/mol. The Morgan fingerprint density at radius 2 is 1.76 bits per heavy atom. The lowest BCUT2D eigenvalue weighted by Gasteiger charge is -2.49. The number of ether oxygens (including phenoxy) is 2. The first-order chi connectivity index (χ1) is 16.0. The quantitative estimate of drug-likeness (QED) is 0.591. The van der Waals surface area contributed by atoms with Gasteiger partial charge in [-0.1, -0.05) is 12.8 Å². The van der Waals surface area contributed by atoms with Crippen LogP contribution in [0.2, 0.25) is 0 Å². The summed E-state index contributed by atoms with van der Waals surface area (Å²) in [6, 6.07) is 7.43. The van der Waals surface area contributed by atoms with E-state index >= 15 is 0 Å². The number of methoxy groups -OCH3 is 2. The number of amides is 1. The van der Waals surface area contributed by atoms with Gasteiger partial charge in [-0.2, -0.15) is 4.98 Å². The van der Waals surface area contributed by atoms with E-state index in [9.17, 15) is 4.79 Å². The third kappa shape index (κ3) is 4.09. The number of benzene rings is 1. The first-order valence-electron chi connectivity index (χ1n) is 11.3. The zero-order valence-electron chi connectivity index (χ0n) is 19.6. The largest absolute Gasteiger partial charge is 0.493 e. The number of rotatable bonds is 4. The van der Waals surface area contributed by atoms with E-state index in [4.69, 9.17) is 24.6 Å². The van der Waals surface area contributed by atoms with Gasteiger partial charge in [0.2, 0.25) is 5.95 Å². The van der Waals surface area contributed by atoms with Crippen LogP contribution in [-0.4, -0.2) is 60.2 Å². The highest BCUT2D eigenvalue weighted by Crippen LogP contribution is 2.37. The van der Waals surface area contributed by atoms with Gasteiger partial charge in [0.1, 0.15) is 11.6 Å². The summed E-state index contributed by atoms with van der Waals surface area (Å²) >= 11 is 0. The molecule has 5 rings (SSSR count). The van der Waals surface area contributed by atoms with Gasteiger partial charge in [-0.15, -0.1) is 12.4 Å². The van der Waals surface area contributed by atoms with E-state index in [-0.39, 0.29) is 30.4 Å². The van der Waals surface area contributed by atoms with Crippen molar-refractivity contribution in [3.05, 3.63) is 35.8 Å². The molecule has 0 spiro atoms. The number of hydrogen-bond acceptors (Lipinski definition) is 8. The standard InChI is InChI=1S/C24H29N5O4.ClH/c1-14-8-9-19(33-14)23(30)28-10-11-29(18-7-5-4-6-17(18)28)24-26-16-13-21(32-3)20(31-2)12-15(16)22(25)27-24;/h8-9,12-13,17-18H,4-7,10-11H2,1-3H3,(H2,25,26,27);1H/t17-,18+;/m0./s1. The van der Waals surface area contributed by atoms with Crippen molar-refractivity contribution < 1.29 is 18.7 Å². The molecule has 0 radical (unpaired) electrons. The van der Waals surface area contributed by atoms with Crippen LogP contribution in [0, 0.1) is 6.92 Å². The predicted octanol–water partition coefficient (Wildman–Crippen LogP) is 3.83. The number of piperazine rings is 1. The molecule has 9 nitrogen and oxygen atoms in total. The molecule has 1 amide bonds. The normalized spacial score (nSPS) is 20.0. The third-order valence-electron chi connectivity index (χ3n) is 6.76. The molecule has 3 aromatic rings. The van der Waals surface area contributed by atoms with Crippen LogP contribution in [0.5, 0.6) is 11.5 Å². The van der Waals surface area contributed by atoms with Crippen molar-refractivity contribution in [2.45, 2.75) is 44.7 Å². The molecule has 182 valence electrons. The second-order valence-electron chi connectivity index (χ2n) is 8.65. The van der Waals surface area contributed by atoms with E-state index in [2.05, 4.69) is 9.88 Å².